The Morgan fingerprint density at radius 3 is 2.67 bits per heavy atom. The van der Waals surface area contributed by atoms with E-state index in [9.17, 15) is 0 Å². The second kappa shape index (κ2) is 5.67. The Morgan fingerprint density at radius 1 is 1.28 bits per heavy atom. The molecular weight excluding hydrogens is 290 g/mol. The van der Waals surface area contributed by atoms with E-state index >= 15 is 0 Å². The molecule has 1 heterocycles. The summed E-state index contributed by atoms with van der Waals surface area (Å²) >= 11 is 3.57. The number of nitrogens with zero attached hydrogens (tertiary/aromatic N) is 2. The molecule has 0 aliphatic rings. The maximum Gasteiger partial charge on any atom is 0.0673 e. The molecule has 0 radical (unpaired) electrons. The lowest BCUT2D eigenvalue weighted by Crippen LogP contribution is -2.07. The molecule has 2 N–H and O–H groups in total. The van der Waals surface area contributed by atoms with Gasteiger partial charge in [0.25, 0.3) is 0 Å². The van der Waals surface area contributed by atoms with Crippen molar-refractivity contribution in [1.29, 1.82) is 0 Å². The molecule has 0 fully saturated rings. The van der Waals surface area contributed by atoms with E-state index in [1.54, 1.807) is 0 Å². The average Bonchev–Trinajstić information content (AvgIpc) is 2.60. The zero-order chi connectivity index (χ0) is 13.1. The number of hydrogen-bond acceptors (Lipinski definition) is 2. The average molecular weight is 308 g/mol. The summed E-state index contributed by atoms with van der Waals surface area (Å²) in [5.41, 5.74) is 10.5. The van der Waals surface area contributed by atoms with Gasteiger partial charge < -0.3 is 5.73 Å². The summed E-state index contributed by atoms with van der Waals surface area (Å²) < 4.78 is 3.18. The minimum atomic E-state index is 0.669. The van der Waals surface area contributed by atoms with Crippen molar-refractivity contribution in [2.75, 3.05) is 6.54 Å². The van der Waals surface area contributed by atoms with E-state index in [0.29, 0.717) is 6.54 Å². The largest absolute Gasteiger partial charge is 0.330 e. The normalized spacial score (nSPS) is 10.9. The molecule has 0 atom stereocenters. The standard InChI is InChI=1S/C14H18BrN3/c1-10-13(7-8-16)11(2)18(17-10)9-12-5-3-4-6-14(12)15/h3-6H,7-9,16H2,1-2H3. The van der Waals surface area contributed by atoms with Crippen molar-refractivity contribution in [2.24, 2.45) is 5.73 Å². The van der Waals surface area contributed by atoms with Gasteiger partial charge in [-0.25, -0.2) is 0 Å². The van der Waals surface area contributed by atoms with Gasteiger partial charge in [-0.2, -0.15) is 5.10 Å². The minimum absolute atomic E-state index is 0.669. The van der Waals surface area contributed by atoms with Crippen LogP contribution in [0.2, 0.25) is 0 Å². The van der Waals surface area contributed by atoms with Crippen LogP contribution in [-0.2, 0) is 13.0 Å². The van der Waals surface area contributed by atoms with Gasteiger partial charge >= 0.3 is 0 Å². The number of benzene rings is 1. The van der Waals surface area contributed by atoms with Gasteiger partial charge in [-0.3, -0.25) is 4.68 Å². The van der Waals surface area contributed by atoms with E-state index in [2.05, 4.69) is 51.7 Å². The molecule has 0 aliphatic carbocycles. The van der Waals surface area contributed by atoms with Crippen LogP contribution in [-0.4, -0.2) is 16.3 Å². The highest BCUT2D eigenvalue weighted by atomic mass is 79.9. The predicted octanol–water partition coefficient (Wildman–Crippen LogP) is 2.81. The summed E-state index contributed by atoms with van der Waals surface area (Å²) in [5.74, 6) is 0. The zero-order valence-electron chi connectivity index (χ0n) is 10.8. The van der Waals surface area contributed by atoms with E-state index in [1.165, 1.54) is 16.8 Å². The quantitative estimate of drug-likeness (QED) is 0.944. The molecule has 2 rings (SSSR count). The fraction of sp³-hybridized carbons (Fsp3) is 0.357. The molecule has 0 saturated heterocycles. The minimum Gasteiger partial charge on any atom is -0.330 e. The Labute approximate surface area is 116 Å². The highest BCUT2D eigenvalue weighted by Gasteiger charge is 2.11. The molecule has 18 heavy (non-hydrogen) atoms. The van der Waals surface area contributed by atoms with Gasteiger partial charge in [0.2, 0.25) is 0 Å². The van der Waals surface area contributed by atoms with Crippen molar-refractivity contribution in [3.8, 4) is 0 Å². The molecule has 0 amide bonds. The Hall–Kier alpha value is -1.13. The Bertz CT molecular complexity index is 546. The molecule has 0 spiro atoms. The molecule has 0 aliphatic heterocycles. The van der Waals surface area contributed by atoms with Crippen molar-refractivity contribution in [1.82, 2.24) is 9.78 Å². The fourth-order valence-electron chi connectivity index (χ4n) is 2.18. The van der Waals surface area contributed by atoms with Crippen LogP contribution in [0.4, 0.5) is 0 Å². The molecule has 3 nitrogen and oxygen atoms in total. The van der Waals surface area contributed by atoms with Gasteiger partial charge in [-0.05, 0) is 44.0 Å². The van der Waals surface area contributed by atoms with Crippen molar-refractivity contribution in [3.63, 3.8) is 0 Å². The topological polar surface area (TPSA) is 43.8 Å². The number of aromatic nitrogens is 2. The van der Waals surface area contributed by atoms with Crippen molar-refractivity contribution in [2.45, 2.75) is 26.8 Å². The van der Waals surface area contributed by atoms with Crippen LogP contribution < -0.4 is 5.73 Å². The highest BCUT2D eigenvalue weighted by molar-refractivity contribution is 9.10. The Balaban J connectivity index is 2.30. The van der Waals surface area contributed by atoms with Crippen LogP contribution in [0, 0.1) is 13.8 Å². The molecule has 0 saturated carbocycles. The van der Waals surface area contributed by atoms with E-state index in [4.69, 9.17) is 5.73 Å². The highest BCUT2D eigenvalue weighted by Crippen LogP contribution is 2.19. The van der Waals surface area contributed by atoms with Crippen molar-refractivity contribution >= 4 is 15.9 Å². The summed E-state index contributed by atoms with van der Waals surface area (Å²) in [5, 5.41) is 4.61. The first-order chi connectivity index (χ1) is 8.63. The van der Waals surface area contributed by atoms with Crippen LogP contribution in [0.15, 0.2) is 28.7 Å². The maximum absolute atomic E-state index is 5.64. The summed E-state index contributed by atoms with van der Waals surface area (Å²) in [4.78, 5) is 0. The van der Waals surface area contributed by atoms with Gasteiger partial charge in [0.15, 0.2) is 0 Å². The van der Waals surface area contributed by atoms with E-state index < -0.39 is 0 Å². The number of aryl methyl sites for hydroxylation is 1. The van der Waals surface area contributed by atoms with Gasteiger partial charge in [-0.1, -0.05) is 34.1 Å². The van der Waals surface area contributed by atoms with Crippen LogP contribution >= 0.6 is 15.9 Å². The number of rotatable bonds is 4. The number of hydrogen-bond donors (Lipinski definition) is 1. The first-order valence-corrected chi connectivity index (χ1v) is 6.89. The molecule has 0 bridgehead atoms. The monoisotopic (exact) mass is 307 g/mol. The van der Waals surface area contributed by atoms with Crippen LogP contribution in [0.1, 0.15) is 22.5 Å². The molecule has 0 unspecified atom stereocenters. The smallest absolute Gasteiger partial charge is 0.0673 e. The third-order valence-electron chi connectivity index (χ3n) is 3.20. The Morgan fingerprint density at radius 2 is 2.00 bits per heavy atom. The van der Waals surface area contributed by atoms with Crippen molar-refractivity contribution < 1.29 is 0 Å². The van der Waals surface area contributed by atoms with E-state index in [0.717, 1.165) is 23.1 Å². The molecule has 2 aromatic rings. The second-order valence-electron chi connectivity index (χ2n) is 4.44. The molecule has 4 heteroatoms. The van der Waals surface area contributed by atoms with Gasteiger partial charge in [0.1, 0.15) is 0 Å². The van der Waals surface area contributed by atoms with Gasteiger partial charge in [0.05, 0.1) is 12.2 Å². The van der Waals surface area contributed by atoms with Crippen molar-refractivity contribution in [3.05, 3.63) is 51.3 Å². The molecular formula is C14H18BrN3. The summed E-state index contributed by atoms with van der Waals surface area (Å²) in [6.45, 7) is 5.62. The zero-order valence-corrected chi connectivity index (χ0v) is 12.4. The third-order valence-corrected chi connectivity index (χ3v) is 3.98. The number of halogens is 1. The van der Waals surface area contributed by atoms with Gasteiger partial charge in [-0.15, -0.1) is 0 Å². The summed E-state index contributed by atoms with van der Waals surface area (Å²) in [6.07, 6.45) is 0.896. The van der Waals surface area contributed by atoms with E-state index in [1.807, 2.05) is 12.1 Å². The van der Waals surface area contributed by atoms with Crippen LogP contribution in [0.25, 0.3) is 0 Å². The molecule has 1 aromatic carbocycles. The second-order valence-corrected chi connectivity index (χ2v) is 5.29. The lowest BCUT2D eigenvalue weighted by molar-refractivity contribution is 0.656. The van der Waals surface area contributed by atoms with Gasteiger partial charge in [0, 0.05) is 10.2 Å². The maximum atomic E-state index is 5.64. The first-order valence-electron chi connectivity index (χ1n) is 6.10. The number of nitrogens with two attached hydrogens (primary N) is 1. The predicted molar refractivity (Wildman–Crippen MR) is 77.7 cm³/mol. The fourth-order valence-corrected chi connectivity index (χ4v) is 2.59. The lowest BCUT2D eigenvalue weighted by Gasteiger charge is -2.07. The Kier molecular flexibility index (Phi) is 4.19. The first kappa shape index (κ1) is 13.3. The third kappa shape index (κ3) is 2.65. The lowest BCUT2D eigenvalue weighted by atomic mass is 10.1. The SMILES string of the molecule is Cc1nn(Cc2ccccc2Br)c(C)c1CCN. The molecule has 1 aromatic heterocycles. The van der Waals surface area contributed by atoms with Crippen LogP contribution in [0.3, 0.4) is 0 Å². The van der Waals surface area contributed by atoms with E-state index in [-0.39, 0.29) is 0 Å². The summed E-state index contributed by atoms with van der Waals surface area (Å²) in [7, 11) is 0. The van der Waals surface area contributed by atoms with Crippen LogP contribution in [0.5, 0.6) is 0 Å². The summed E-state index contributed by atoms with van der Waals surface area (Å²) in [6, 6.07) is 8.24. The molecule has 96 valence electrons.